The van der Waals surface area contributed by atoms with Gasteiger partial charge in [0.25, 0.3) is 0 Å². The zero-order valence-electron chi connectivity index (χ0n) is 16.3. The molecule has 0 amide bonds. The van der Waals surface area contributed by atoms with Crippen LogP contribution in [0.5, 0.6) is 0 Å². The van der Waals surface area contributed by atoms with Crippen LogP contribution in [0.4, 0.5) is 0 Å². The lowest BCUT2D eigenvalue weighted by Gasteiger charge is -2.21. The smallest absolute Gasteiger partial charge is 0.321 e. The summed E-state index contributed by atoms with van der Waals surface area (Å²) in [5.41, 5.74) is 1.03. The third-order valence-electron chi connectivity index (χ3n) is 5.22. The minimum Gasteiger partial charge on any atom is -0.480 e. The van der Waals surface area contributed by atoms with Gasteiger partial charge in [0.1, 0.15) is 12.1 Å². The second kappa shape index (κ2) is 10.8. The number of hydrogen-bond donors (Lipinski definition) is 3. The quantitative estimate of drug-likeness (QED) is 0.527. The molecule has 2 atom stereocenters. The molecule has 152 valence electrons. The van der Waals surface area contributed by atoms with Crippen molar-refractivity contribution in [3.63, 3.8) is 0 Å². The summed E-state index contributed by atoms with van der Waals surface area (Å²) in [6, 6.07) is -1.81. The molecule has 0 saturated heterocycles. The molecule has 0 bridgehead atoms. The van der Waals surface area contributed by atoms with E-state index in [2.05, 4.69) is 10.3 Å². The van der Waals surface area contributed by atoms with Gasteiger partial charge in [-0.05, 0) is 31.1 Å². The molecule has 0 spiro atoms. The lowest BCUT2D eigenvalue weighted by Crippen LogP contribution is -2.48. The maximum absolute atomic E-state index is 11.6. The second-order valence-electron chi connectivity index (χ2n) is 8.06. The summed E-state index contributed by atoms with van der Waals surface area (Å²) in [5, 5.41) is 24.4. The molecule has 0 aromatic carbocycles. The molecule has 2 rings (SSSR count). The molecule has 3 N–H and O–H groups in total. The Hall–Kier alpha value is -1.47. The summed E-state index contributed by atoms with van der Waals surface area (Å²) in [6.07, 6.45) is 9.35. The van der Waals surface area contributed by atoms with E-state index in [4.69, 9.17) is 0 Å². The van der Waals surface area contributed by atoms with Gasteiger partial charge in [-0.15, -0.1) is 11.3 Å². The molecule has 27 heavy (non-hydrogen) atoms. The largest absolute Gasteiger partial charge is 0.480 e. The van der Waals surface area contributed by atoms with Gasteiger partial charge in [0, 0.05) is 11.8 Å². The molecule has 0 aliphatic heterocycles. The molecule has 1 heterocycles. The minimum absolute atomic E-state index is 0.166. The highest BCUT2D eigenvalue weighted by Crippen LogP contribution is 2.27. The predicted octanol–water partition coefficient (Wildman–Crippen LogP) is 3.74. The van der Waals surface area contributed by atoms with E-state index in [-0.39, 0.29) is 12.3 Å². The van der Waals surface area contributed by atoms with E-state index in [1.165, 1.54) is 43.4 Å². The normalized spacial score (nSPS) is 17.7. The first-order chi connectivity index (χ1) is 12.8. The fourth-order valence-electron chi connectivity index (χ4n) is 3.73. The molecule has 1 fully saturated rings. The van der Waals surface area contributed by atoms with Crippen molar-refractivity contribution in [1.29, 1.82) is 0 Å². The first-order valence-corrected chi connectivity index (χ1v) is 10.9. The molecule has 7 heteroatoms. The monoisotopic (exact) mass is 396 g/mol. The molecular formula is C20H32N2O4S. The van der Waals surface area contributed by atoms with Gasteiger partial charge in [-0.25, -0.2) is 4.98 Å². The van der Waals surface area contributed by atoms with Crippen molar-refractivity contribution < 1.29 is 19.8 Å². The zero-order valence-corrected chi connectivity index (χ0v) is 17.1. The topological polar surface area (TPSA) is 99.5 Å². The van der Waals surface area contributed by atoms with Crippen LogP contribution < -0.4 is 5.32 Å². The van der Waals surface area contributed by atoms with E-state index in [9.17, 15) is 19.8 Å². The number of aromatic nitrogens is 1. The van der Waals surface area contributed by atoms with Crippen molar-refractivity contribution in [2.75, 3.05) is 0 Å². The molecular weight excluding hydrogens is 364 g/mol. The van der Waals surface area contributed by atoms with Crippen molar-refractivity contribution in [1.82, 2.24) is 10.3 Å². The molecule has 0 radical (unpaired) electrons. The molecule has 2 unspecified atom stereocenters. The van der Waals surface area contributed by atoms with E-state index in [1.54, 1.807) is 0 Å². The number of carboxylic acid groups (broad SMARTS) is 2. The summed E-state index contributed by atoms with van der Waals surface area (Å²) >= 11 is 1.47. The first kappa shape index (κ1) is 21.8. The number of rotatable bonds is 11. The third-order valence-corrected chi connectivity index (χ3v) is 6.14. The van der Waals surface area contributed by atoms with Crippen molar-refractivity contribution in [3.05, 3.63) is 16.1 Å². The predicted molar refractivity (Wildman–Crippen MR) is 106 cm³/mol. The van der Waals surface area contributed by atoms with Crippen LogP contribution >= 0.6 is 11.3 Å². The van der Waals surface area contributed by atoms with Crippen LogP contribution in [0.1, 0.15) is 69.5 Å². The number of nitrogens with one attached hydrogen (secondary N) is 1. The van der Waals surface area contributed by atoms with Crippen LogP contribution in [-0.4, -0.2) is 39.2 Å². The number of aliphatic carboxylic acids is 2. The van der Waals surface area contributed by atoms with E-state index in [0.29, 0.717) is 6.42 Å². The Morgan fingerprint density at radius 1 is 1.19 bits per heavy atom. The molecule has 1 saturated carbocycles. The highest BCUT2D eigenvalue weighted by atomic mass is 32.1. The van der Waals surface area contributed by atoms with Crippen LogP contribution in [0.3, 0.4) is 0 Å². The Kier molecular flexibility index (Phi) is 8.70. The van der Waals surface area contributed by atoms with Gasteiger partial charge in [-0.1, -0.05) is 46.0 Å². The van der Waals surface area contributed by atoms with Gasteiger partial charge in [0.05, 0.1) is 10.7 Å². The van der Waals surface area contributed by atoms with E-state index in [1.807, 2.05) is 19.2 Å². The molecule has 6 nitrogen and oxygen atoms in total. The van der Waals surface area contributed by atoms with Gasteiger partial charge < -0.3 is 10.2 Å². The van der Waals surface area contributed by atoms with Crippen molar-refractivity contribution >= 4 is 23.3 Å². The summed E-state index contributed by atoms with van der Waals surface area (Å²) in [5.74, 6) is -1.09. The summed E-state index contributed by atoms with van der Waals surface area (Å²) in [4.78, 5) is 27.6. The average Bonchev–Trinajstić information content (AvgIpc) is 3.06. The maximum Gasteiger partial charge on any atom is 0.321 e. The fraction of sp³-hybridized carbons (Fsp3) is 0.750. The Labute approximate surface area is 165 Å². The van der Waals surface area contributed by atoms with Gasteiger partial charge in [-0.2, -0.15) is 0 Å². The van der Waals surface area contributed by atoms with Crippen LogP contribution in [0.2, 0.25) is 0 Å². The minimum atomic E-state index is -1.04. The number of carbonyl (C=O) groups is 2. The van der Waals surface area contributed by atoms with Gasteiger partial charge >= 0.3 is 11.9 Å². The van der Waals surface area contributed by atoms with Gasteiger partial charge in [-0.3, -0.25) is 14.9 Å². The zero-order chi connectivity index (χ0) is 19.8. The maximum atomic E-state index is 11.6. The van der Waals surface area contributed by atoms with E-state index >= 15 is 0 Å². The van der Waals surface area contributed by atoms with Crippen LogP contribution in [0.25, 0.3) is 0 Å². The summed E-state index contributed by atoms with van der Waals surface area (Å²) in [6.45, 7) is 3.85. The van der Waals surface area contributed by atoms with Crippen molar-refractivity contribution in [2.45, 2.75) is 83.7 Å². The number of hydrogen-bond acceptors (Lipinski definition) is 5. The Bertz CT molecular complexity index is 611. The lowest BCUT2D eigenvalue weighted by molar-refractivity contribution is -0.142. The molecule has 1 aromatic heterocycles. The molecule has 1 aliphatic rings. The average molecular weight is 397 g/mol. The molecule has 1 aliphatic carbocycles. The fourth-order valence-corrected chi connectivity index (χ4v) is 4.61. The van der Waals surface area contributed by atoms with E-state index < -0.39 is 24.0 Å². The Morgan fingerprint density at radius 2 is 1.85 bits per heavy atom. The van der Waals surface area contributed by atoms with Crippen molar-refractivity contribution in [3.8, 4) is 0 Å². The number of nitrogens with zero attached hydrogens (tertiary/aromatic N) is 1. The number of thiazole rings is 1. The Morgan fingerprint density at radius 3 is 2.44 bits per heavy atom. The third kappa shape index (κ3) is 7.58. The van der Waals surface area contributed by atoms with Gasteiger partial charge in [0.2, 0.25) is 0 Å². The van der Waals surface area contributed by atoms with Crippen LogP contribution in [0, 0.1) is 11.8 Å². The number of carboxylic acids is 2. The van der Waals surface area contributed by atoms with E-state index in [0.717, 1.165) is 29.5 Å². The summed E-state index contributed by atoms with van der Waals surface area (Å²) < 4.78 is 0. The Balaban J connectivity index is 1.90. The first-order valence-electron chi connectivity index (χ1n) is 10.00. The summed E-state index contributed by atoms with van der Waals surface area (Å²) in [7, 11) is 0. The van der Waals surface area contributed by atoms with Gasteiger partial charge in [0.15, 0.2) is 0 Å². The lowest BCUT2D eigenvalue weighted by atomic mass is 9.86. The standard InChI is InChI=1S/C20H32N2O4S/c1-13(2)10-16(19(23)24)22-17(20(25)26)11-18-21-15(12-27-18)9-8-14-6-4-3-5-7-14/h12-14,16-17,22H,3-11H2,1-2H3,(H,23,24)(H,25,26). The highest BCUT2D eigenvalue weighted by Gasteiger charge is 2.27. The number of aryl methyl sites for hydroxylation is 1. The highest BCUT2D eigenvalue weighted by molar-refractivity contribution is 7.09. The van der Waals surface area contributed by atoms with Crippen molar-refractivity contribution in [2.24, 2.45) is 11.8 Å². The SMILES string of the molecule is CC(C)CC(NC(Cc1nc(CCC2CCCCC2)cs1)C(=O)O)C(=O)O. The van der Waals surface area contributed by atoms with Crippen LogP contribution in [0.15, 0.2) is 5.38 Å². The molecule has 1 aromatic rings. The second-order valence-corrected chi connectivity index (χ2v) is 9.00. The van der Waals surface area contributed by atoms with Crippen LogP contribution in [-0.2, 0) is 22.4 Å².